The molecule has 2 atom stereocenters. The first-order valence-corrected chi connectivity index (χ1v) is 8.17. The van der Waals surface area contributed by atoms with Crippen LogP contribution in [0.1, 0.15) is 32.6 Å². The Morgan fingerprint density at radius 2 is 2.45 bits per heavy atom. The van der Waals surface area contributed by atoms with Crippen LogP contribution in [0.25, 0.3) is 0 Å². The molecule has 0 aromatic carbocycles. The standard InChI is InChI=1S/C17H24N2O3/c1-2-16(20)19-10-7-14-17(12-19,8-5-11-21-14)13-22-15-6-3-4-9-18-15/h3-4,6,9,14H,2,5,7-8,10-13H2,1H3/t14-,17+/m1/s1. The zero-order valence-corrected chi connectivity index (χ0v) is 13.2. The van der Waals surface area contributed by atoms with Crippen molar-refractivity contribution in [2.45, 2.75) is 38.7 Å². The number of nitrogens with zero attached hydrogens (tertiary/aromatic N) is 2. The molecule has 120 valence electrons. The van der Waals surface area contributed by atoms with Gasteiger partial charge in [0, 0.05) is 43.8 Å². The van der Waals surface area contributed by atoms with E-state index in [0.717, 1.165) is 39.0 Å². The smallest absolute Gasteiger partial charge is 0.222 e. The minimum absolute atomic E-state index is 0.0984. The number of hydrogen-bond acceptors (Lipinski definition) is 4. The highest BCUT2D eigenvalue weighted by Gasteiger charge is 2.47. The minimum Gasteiger partial charge on any atom is -0.477 e. The topological polar surface area (TPSA) is 51.7 Å². The molecule has 0 N–H and O–H groups in total. The van der Waals surface area contributed by atoms with E-state index < -0.39 is 0 Å². The Morgan fingerprint density at radius 1 is 1.55 bits per heavy atom. The van der Waals surface area contributed by atoms with Crippen LogP contribution in [0.15, 0.2) is 24.4 Å². The minimum atomic E-state index is -0.0984. The first-order chi connectivity index (χ1) is 10.7. The number of carbonyl (C=O) groups excluding carboxylic acids is 1. The summed E-state index contributed by atoms with van der Waals surface area (Å²) in [6, 6.07) is 5.66. The van der Waals surface area contributed by atoms with Crippen molar-refractivity contribution in [3.8, 4) is 5.88 Å². The summed E-state index contributed by atoms with van der Waals surface area (Å²) >= 11 is 0. The Hall–Kier alpha value is -1.62. The van der Waals surface area contributed by atoms with Crippen molar-refractivity contribution >= 4 is 5.91 Å². The maximum Gasteiger partial charge on any atom is 0.222 e. The Bertz CT molecular complexity index is 508. The number of amides is 1. The molecular weight excluding hydrogens is 280 g/mol. The van der Waals surface area contributed by atoms with E-state index in [2.05, 4.69) is 4.98 Å². The monoisotopic (exact) mass is 304 g/mol. The molecule has 1 aromatic heterocycles. The van der Waals surface area contributed by atoms with E-state index in [-0.39, 0.29) is 17.4 Å². The van der Waals surface area contributed by atoms with Crippen LogP contribution in [0, 0.1) is 5.41 Å². The number of fused-ring (bicyclic) bond motifs is 1. The van der Waals surface area contributed by atoms with Crippen molar-refractivity contribution in [1.29, 1.82) is 0 Å². The summed E-state index contributed by atoms with van der Waals surface area (Å²) in [6.45, 7) is 4.82. The number of likely N-dealkylation sites (tertiary alicyclic amines) is 1. The van der Waals surface area contributed by atoms with Crippen LogP contribution in [0.2, 0.25) is 0 Å². The fourth-order valence-corrected chi connectivity index (χ4v) is 3.59. The molecule has 0 spiro atoms. The largest absolute Gasteiger partial charge is 0.477 e. The molecule has 3 rings (SSSR count). The molecule has 1 amide bonds. The average Bonchev–Trinajstić information content (AvgIpc) is 2.59. The third-order valence-corrected chi connectivity index (χ3v) is 4.79. The maximum absolute atomic E-state index is 12.1. The molecule has 1 aromatic rings. The molecular formula is C17H24N2O3. The van der Waals surface area contributed by atoms with E-state index in [0.29, 0.717) is 18.9 Å². The average molecular weight is 304 g/mol. The first kappa shape index (κ1) is 15.3. The normalized spacial score (nSPS) is 28.0. The molecule has 0 bridgehead atoms. The highest BCUT2D eigenvalue weighted by molar-refractivity contribution is 5.76. The number of aromatic nitrogens is 1. The number of carbonyl (C=O) groups is 1. The number of pyridine rings is 1. The van der Waals surface area contributed by atoms with Gasteiger partial charge in [-0.15, -0.1) is 0 Å². The van der Waals surface area contributed by atoms with Gasteiger partial charge in [0.15, 0.2) is 0 Å². The molecule has 22 heavy (non-hydrogen) atoms. The molecule has 0 unspecified atom stereocenters. The maximum atomic E-state index is 12.1. The van der Waals surface area contributed by atoms with Crippen LogP contribution in [-0.2, 0) is 9.53 Å². The van der Waals surface area contributed by atoms with Gasteiger partial charge in [-0.2, -0.15) is 0 Å². The van der Waals surface area contributed by atoms with Crippen molar-refractivity contribution < 1.29 is 14.3 Å². The van der Waals surface area contributed by atoms with Crippen LogP contribution in [0.5, 0.6) is 5.88 Å². The fourth-order valence-electron chi connectivity index (χ4n) is 3.59. The first-order valence-electron chi connectivity index (χ1n) is 8.17. The van der Waals surface area contributed by atoms with E-state index in [1.54, 1.807) is 6.20 Å². The summed E-state index contributed by atoms with van der Waals surface area (Å²) in [4.78, 5) is 18.3. The van der Waals surface area contributed by atoms with Crippen LogP contribution in [0.4, 0.5) is 0 Å². The van der Waals surface area contributed by atoms with Crippen LogP contribution >= 0.6 is 0 Å². The molecule has 2 saturated heterocycles. The highest BCUT2D eigenvalue weighted by atomic mass is 16.5. The highest BCUT2D eigenvalue weighted by Crippen LogP contribution is 2.40. The molecule has 0 saturated carbocycles. The third kappa shape index (κ3) is 3.09. The fraction of sp³-hybridized carbons (Fsp3) is 0.647. The lowest BCUT2D eigenvalue weighted by Gasteiger charge is -2.50. The van der Waals surface area contributed by atoms with Crippen molar-refractivity contribution in [2.75, 3.05) is 26.3 Å². The summed E-state index contributed by atoms with van der Waals surface area (Å²) in [5, 5.41) is 0. The summed E-state index contributed by atoms with van der Waals surface area (Å²) in [5.41, 5.74) is -0.0984. The molecule has 5 nitrogen and oxygen atoms in total. The Kier molecular flexibility index (Phi) is 4.62. The van der Waals surface area contributed by atoms with Crippen molar-refractivity contribution in [1.82, 2.24) is 9.88 Å². The second-order valence-electron chi connectivity index (χ2n) is 6.24. The van der Waals surface area contributed by atoms with E-state index in [9.17, 15) is 4.79 Å². The summed E-state index contributed by atoms with van der Waals surface area (Å²) in [5.74, 6) is 0.862. The van der Waals surface area contributed by atoms with E-state index >= 15 is 0 Å². The number of rotatable bonds is 4. The van der Waals surface area contributed by atoms with Crippen molar-refractivity contribution in [2.24, 2.45) is 5.41 Å². The number of ether oxygens (including phenoxy) is 2. The van der Waals surface area contributed by atoms with Gasteiger partial charge in [-0.25, -0.2) is 4.98 Å². The second-order valence-corrected chi connectivity index (χ2v) is 6.24. The zero-order chi connectivity index (χ0) is 15.4. The van der Waals surface area contributed by atoms with E-state index in [1.807, 2.05) is 30.0 Å². The summed E-state index contributed by atoms with van der Waals surface area (Å²) < 4.78 is 11.9. The predicted octanol–water partition coefficient (Wildman–Crippen LogP) is 2.27. The third-order valence-electron chi connectivity index (χ3n) is 4.79. The number of piperidine rings is 1. The molecule has 2 aliphatic rings. The lowest BCUT2D eigenvalue weighted by Crippen LogP contribution is -2.58. The van der Waals surface area contributed by atoms with Gasteiger partial charge in [0.25, 0.3) is 0 Å². The van der Waals surface area contributed by atoms with Crippen LogP contribution in [-0.4, -0.2) is 48.2 Å². The lowest BCUT2D eigenvalue weighted by atomic mass is 9.73. The molecule has 2 aliphatic heterocycles. The Morgan fingerprint density at radius 3 is 3.23 bits per heavy atom. The van der Waals surface area contributed by atoms with Gasteiger partial charge in [0.2, 0.25) is 11.8 Å². The van der Waals surface area contributed by atoms with Gasteiger partial charge in [-0.05, 0) is 25.3 Å². The van der Waals surface area contributed by atoms with Crippen LogP contribution in [0.3, 0.4) is 0 Å². The van der Waals surface area contributed by atoms with Gasteiger partial charge >= 0.3 is 0 Å². The van der Waals surface area contributed by atoms with Gasteiger partial charge in [0.05, 0.1) is 12.7 Å². The molecule has 0 radical (unpaired) electrons. The number of hydrogen-bond donors (Lipinski definition) is 0. The van der Waals surface area contributed by atoms with E-state index in [1.165, 1.54) is 0 Å². The Labute approximate surface area is 131 Å². The summed E-state index contributed by atoms with van der Waals surface area (Å²) in [7, 11) is 0. The quantitative estimate of drug-likeness (QED) is 0.856. The molecule has 2 fully saturated rings. The van der Waals surface area contributed by atoms with Gasteiger partial charge < -0.3 is 14.4 Å². The van der Waals surface area contributed by atoms with Crippen molar-refractivity contribution in [3.05, 3.63) is 24.4 Å². The van der Waals surface area contributed by atoms with Gasteiger partial charge in [-0.1, -0.05) is 13.0 Å². The summed E-state index contributed by atoms with van der Waals surface area (Å²) in [6.07, 6.45) is 5.44. The zero-order valence-electron chi connectivity index (χ0n) is 13.2. The Balaban J connectivity index is 1.73. The second kappa shape index (κ2) is 6.65. The predicted molar refractivity (Wildman–Crippen MR) is 82.6 cm³/mol. The lowest BCUT2D eigenvalue weighted by molar-refractivity contribution is -0.157. The van der Waals surface area contributed by atoms with Gasteiger partial charge in [0.1, 0.15) is 0 Å². The van der Waals surface area contributed by atoms with Crippen LogP contribution < -0.4 is 4.74 Å². The van der Waals surface area contributed by atoms with Gasteiger partial charge in [-0.3, -0.25) is 4.79 Å². The van der Waals surface area contributed by atoms with Crippen molar-refractivity contribution in [3.63, 3.8) is 0 Å². The molecule has 5 heteroatoms. The van der Waals surface area contributed by atoms with E-state index in [4.69, 9.17) is 9.47 Å². The molecule has 3 heterocycles. The SMILES string of the molecule is CCC(=O)N1CC[C@H]2OCCC[C@@]2(COc2ccccn2)C1. The molecule has 0 aliphatic carbocycles.